The van der Waals surface area contributed by atoms with Crippen LogP contribution < -0.4 is 10.1 Å². The Labute approximate surface area is 189 Å². The molecule has 1 N–H and O–H groups in total. The van der Waals surface area contributed by atoms with Crippen molar-refractivity contribution in [2.75, 3.05) is 11.9 Å². The van der Waals surface area contributed by atoms with Crippen molar-refractivity contribution < 1.29 is 32.2 Å². The number of benzene rings is 2. The summed E-state index contributed by atoms with van der Waals surface area (Å²) in [4.78, 5) is 25.5. The zero-order valence-corrected chi connectivity index (χ0v) is 17.9. The van der Waals surface area contributed by atoms with Crippen molar-refractivity contribution in [3.63, 3.8) is 0 Å². The topological polar surface area (TPSA) is 82.5 Å². The molecule has 11 heteroatoms. The van der Waals surface area contributed by atoms with Crippen LogP contribution in [-0.2, 0) is 9.53 Å². The first-order chi connectivity index (χ1) is 15.8. The minimum absolute atomic E-state index is 0.0475. The molecule has 0 saturated heterocycles. The van der Waals surface area contributed by atoms with Crippen LogP contribution >= 0.6 is 11.3 Å². The van der Waals surface area contributed by atoms with Gasteiger partial charge in [-0.2, -0.15) is 13.9 Å². The predicted molar refractivity (Wildman–Crippen MR) is 116 cm³/mol. The number of hydrogen-bond acceptors (Lipinski definition) is 6. The van der Waals surface area contributed by atoms with Crippen LogP contribution in [0.15, 0.2) is 54.6 Å². The van der Waals surface area contributed by atoms with Crippen molar-refractivity contribution in [3.05, 3.63) is 71.0 Å². The number of alkyl halides is 2. The highest BCUT2D eigenvalue weighted by molar-refractivity contribution is 7.20. The number of halogens is 3. The van der Waals surface area contributed by atoms with Crippen molar-refractivity contribution in [1.29, 1.82) is 0 Å². The Bertz CT molecular complexity index is 1300. The highest BCUT2D eigenvalue weighted by Gasteiger charge is 2.19. The summed E-state index contributed by atoms with van der Waals surface area (Å²) in [6.07, 6.45) is 0. The molecule has 1 amide bonds. The zero-order chi connectivity index (χ0) is 23.5. The van der Waals surface area contributed by atoms with Gasteiger partial charge in [-0.3, -0.25) is 4.79 Å². The fourth-order valence-corrected chi connectivity index (χ4v) is 4.10. The minimum Gasteiger partial charge on any atom is -0.451 e. The van der Waals surface area contributed by atoms with Gasteiger partial charge < -0.3 is 14.8 Å². The summed E-state index contributed by atoms with van der Waals surface area (Å²) in [7, 11) is 0. The van der Waals surface area contributed by atoms with E-state index in [4.69, 9.17) is 4.74 Å². The maximum Gasteiger partial charge on any atom is 0.387 e. The van der Waals surface area contributed by atoms with E-state index in [1.165, 1.54) is 36.4 Å². The highest BCUT2D eigenvalue weighted by atomic mass is 32.1. The van der Waals surface area contributed by atoms with E-state index in [9.17, 15) is 22.8 Å². The van der Waals surface area contributed by atoms with Gasteiger partial charge >= 0.3 is 12.6 Å². The molecule has 2 aromatic carbocycles. The second-order valence-electron chi connectivity index (χ2n) is 6.83. The molecule has 7 nitrogen and oxygen atoms in total. The SMILES string of the molecule is Cc1nn(-c2ccc(F)cc2)c2sc(C(=O)OCC(=O)Nc3ccc(OC(F)F)cc3)cc12. The first-order valence-corrected chi connectivity index (χ1v) is 10.4. The van der Waals surface area contributed by atoms with Crippen LogP contribution in [0.5, 0.6) is 5.75 Å². The van der Waals surface area contributed by atoms with E-state index in [0.717, 1.165) is 16.7 Å². The summed E-state index contributed by atoms with van der Waals surface area (Å²) in [6, 6.07) is 12.7. The van der Waals surface area contributed by atoms with E-state index in [-0.39, 0.29) is 16.4 Å². The van der Waals surface area contributed by atoms with Crippen molar-refractivity contribution >= 4 is 39.1 Å². The molecule has 0 saturated carbocycles. The fourth-order valence-electron chi connectivity index (χ4n) is 3.02. The standard InChI is InChI=1S/C22H16F3N3O4S/c1-12-17-10-18(33-20(17)28(27-12)15-6-2-13(23)3-7-15)21(30)31-11-19(29)26-14-4-8-16(9-5-14)32-22(24)25/h2-10,22H,11H2,1H3,(H,26,29). The minimum atomic E-state index is -2.94. The number of fused-ring (bicyclic) bond motifs is 1. The first kappa shape index (κ1) is 22.3. The van der Waals surface area contributed by atoms with Gasteiger partial charge in [0, 0.05) is 11.1 Å². The predicted octanol–water partition coefficient (Wildman–Crippen LogP) is 4.93. The maximum atomic E-state index is 13.2. The molecule has 0 aliphatic carbocycles. The molecule has 0 fully saturated rings. The van der Waals surface area contributed by atoms with Gasteiger partial charge in [0.15, 0.2) is 6.61 Å². The lowest BCUT2D eigenvalue weighted by Crippen LogP contribution is -2.20. The monoisotopic (exact) mass is 475 g/mol. The lowest BCUT2D eigenvalue weighted by Gasteiger charge is -2.08. The van der Waals surface area contributed by atoms with Crippen LogP contribution in [-0.4, -0.2) is 34.9 Å². The Morgan fingerprint density at radius 2 is 1.82 bits per heavy atom. The van der Waals surface area contributed by atoms with E-state index < -0.39 is 25.1 Å². The van der Waals surface area contributed by atoms with Crippen LogP contribution in [0.1, 0.15) is 15.4 Å². The molecule has 2 heterocycles. The first-order valence-electron chi connectivity index (χ1n) is 9.57. The molecule has 33 heavy (non-hydrogen) atoms. The van der Waals surface area contributed by atoms with Gasteiger partial charge in [-0.05, 0) is 61.5 Å². The molecule has 170 valence electrons. The number of hydrogen-bond donors (Lipinski definition) is 1. The molecule has 4 rings (SSSR count). The Morgan fingerprint density at radius 3 is 2.48 bits per heavy atom. The van der Waals surface area contributed by atoms with E-state index >= 15 is 0 Å². The molecule has 0 spiro atoms. The number of carbonyl (C=O) groups excluding carboxylic acids is 2. The molecule has 0 radical (unpaired) electrons. The van der Waals surface area contributed by atoms with E-state index in [1.807, 2.05) is 0 Å². The van der Waals surface area contributed by atoms with E-state index in [1.54, 1.807) is 29.8 Å². The lowest BCUT2D eigenvalue weighted by molar-refractivity contribution is -0.119. The molecule has 0 atom stereocenters. The molecule has 0 unspecified atom stereocenters. The number of carbonyl (C=O) groups is 2. The fraction of sp³-hybridized carbons (Fsp3) is 0.136. The van der Waals surface area contributed by atoms with Gasteiger partial charge in [-0.1, -0.05) is 0 Å². The zero-order valence-electron chi connectivity index (χ0n) is 17.1. The van der Waals surface area contributed by atoms with Crippen molar-refractivity contribution in [3.8, 4) is 11.4 Å². The number of nitrogens with zero attached hydrogens (tertiary/aromatic N) is 2. The molecule has 0 aliphatic heterocycles. The number of esters is 1. The summed E-state index contributed by atoms with van der Waals surface area (Å²) in [5, 5.41) is 7.67. The van der Waals surface area contributed by atoms with Crippen LogP contribution in [0.4, 0.5) is 18.9 Å². The normalized spacial score (nSPS) is 11.1. The highest BCUT2D eigenvalue weighted by Crippen LogP contribution is 2.31. The Hall–Kier alpha value is -3.86. The summed E-state index contributed by atoms with van der Waals surface area (Å²) >= 11 is 1.14. The molecular weight excluding hydrogens is 459 g/mol. The van der Waals surface area contributed by atoms with Crippen molar-refractivity contribution in [2.45, 2.75) is 13.5 Å². The van der Waals surface area contributed by atoms with E-state index in [2.05, 4.69) is 15.2 Å². The number of aryl methyl sites for hydroxylation is 1. The van der Waals surface area contributed by atoms with Crippen molar-refractivity contribution in [1.82, 2.24) is 9.78 Å². The third kappa shape index (κ3) is 5.14. The number of anilines is 1. The summed E-state index contributed by atoms with van der Waals surface area (Å²) in [5.74, 6) is -1.70. The third-order valence-electron chi connectivity index (χ3n) is 4.51. The largest absolute Gasteiger partial charge is 0.451 e. The van der Waals surface area contributed by atoms with Gasteiger partial charge in [0.1, 0.15) is 21.3 Å². The van der Waals surface area contributed by atoms with Crippen LogP contribution in [0.25, 0.3) is 15.9 Å². The second-order valence-corrected chi connectivity index (χ2v) is 7.86. The average molecular weight is 475 g/mol. The van der Waals surface area contributed by atoms with Crippen LogP contribution in [0, 0.1) is 12.7 Å². The summed E-state index contributed by atoms with van der Waals surface area (Å²) in [6.45, 7) is -1.69. The van der Waals surface area contributed by atoms with Gasteiger partial charge in [0.2, 0.25) is 0 Å². The molecule has 0 aliphatic rings. The second kappa shape index (κ2) is 9.33. The van der Waals surface area contributed by atoms with Gasteiger partial charge in [-0.25, -0.2) is 13.9 Å². The quantitative estimate of drug-likeness (QED) is 0.383. The smallest absolute Gasteiger partial charge is 0.387 e. The van der Waals surface area contributed by atoms with Gasteiger partial charge in [-0.15, -0.1) is 11.3 Å². The van der Waals surface area contributed by atoms with Crippen LogP contribution in [0.3, 0.4) is 0 Å². The summed E-state index contributed by atoms with van der Waals surface area (Å²) in [5.41, 5.74) is 1.65. The Balaban J connectivity index is 1.40. The number of aromatic nitrogens is 2. The van der Waals surface area contributed by atoms with Gasteiger partial charge in [0.05, 0.1) is 11.4 Å². The lowest BCUT2D eigenvalue weighted by atomic mass is 10.3. The number of thiophene rings is 1. The summed E-state index contributed by atoms with van der Waals surface area (Å²) < 4.78 is 48.5. The number of rotatable bonds is 7. The van der Waals surface area contributed by atoms with Crippen LogP contribution in [0.2, 0.25) is 0 Å². The third-order valence-corrected chi connectivity index (χ3v) is 5.61. The average Bonchev–Trinajstić information content (AvgIpc) is 3.34. The molecule has 2 aromatic heterocycles. The maximum absolute atomic E-state index is 13.2. The molecule has 0 bridgehead atoms. The Morgan fingerprint density at radius 1 is 1.12 bits per heavy atom. The van der Waals surface area contributed by atoms with Crippen molar-refractivity contribution in [2.24, 2.45) is 0 Å². The molecular formula is C22H16F3N3O4S. The number of nitrogens with one attached hydrogen (secondary N) is 1. The Kier molecular flexibility index (Phi) is 6.31. The number of amides is 1. The van der Waals surface area contributed by atoms with Gasteiger partial charge in [0.25, 0.3) is 5.91 Å². The molecule has 4 aromatic rings. The number of ether oxygens (including phenoxy) is 2. The van der Waals surface area contributed by atoms with E-state index in [0.29, 0.717) is 21.9 Å².